The molecule has 3 rings (SSSR count). The van der Waals surface area contributed by atoms with Crippen molar-refractivity contribution in [2.45, 2.75) is 26.2 Å². The molecular weight excluding hydrogens is 404 g/mol. The van der Waals surface area contributed by atoms with Crippen LogP contribution in [-0.4, -0.2) is 30.2 Å². The zero-order valence-electron chi connectivity index (χ0n) is 18.6. The molecule has 0 bridgehead atoms. The van der Waals surface area contributed by atoms with E-state index in [2.05, 4.69) is 21.8 Å². The third kappa shape index (κ3) is 4.81. The molecule has 0 radical (unpaired) electrons. The van der Waals surface area contributed by atoms with Gasteiger partial charge in [0, 0.05) is 11.5 Å². The third-order valence-electron chi connectivity index (χ3n) is 5.12. The maximum absolute atomic E-state index is 11.6. The van der Waals surface area contributed by atoms with E-state index in [1.807, 2.05) is 44.2 Å². The number of ether oxygens (including phenoxy) is 2. The predicted octanol–water partition coefficient (Wildman–Crippen LogP) is 3.82. The van der Waals surface area contributed by atoms with Crippen LogP contribution in [0.4, 0.5) is 11.8 Å². The quantitative estimate of drug-likeness (QED) is 0.467. The first-order valence-electron chi connectivity index (χ1n) is 10.2. The number of aromatic nitrogens is 2. The molecule has 7 heteroatoms. The number of carbonyl (C=O) groups is 1. The Morgan fingerprint density at radius 2 is 1.75 bits per heavy atom. The smallest absolute Gasteiger partial charge is 0.337 e. The Morgan fingerprint density at radius 3 is 2.38 bits per heavy atom. The number of aryl methyl sites for hydroxylation is 1. The van der Waals surface area contributed by atoms with Gasteiger partial charge in [0.15, 0.2) is 0 Å². The van der Waals surface area contributed by atoms with E-state index >= 15 is 0 Å². The SMILES string of the molecule is CCc1nc(N)nc(N)c1C#CC(C)c1ccc(-c2ccc(C(=O)OC)cc2)cc1OC. The maximum atomic E-state index is 11.6. The second kappa shape index (κ2) is 9.84. The largest absolute Gasteiger partial charge is 0.496 e. The van der Waals surface area contributed by atoms with Crippen molar-refractivity contribution in [2.24, 2.45) is 0 Å². The first-order valence-corrected chi connectivity index (χ1v) is 10.2. The molecule has 0 saturated heterocycles. The average Bonchev–Trinajstić information content (AvgIpc) is 2.81. The van der Waals surface area contributed by atoms with Crippen LogP contribution in [0.25, 0.3) is 11.1 Å². The zero-order chi connectivity index (χ0) is 23.3. The number of nitrogen functional groups attached to an aromatic ring is 2. The van der Waals surface area contributed by atoms with Crippen molar-refractivity contribution in [1.29, 1.82) is 0 Å². The zero-order valence-corrected chi connectivity index (χ0v) is 18.6. The van der Waals surface area contributed by atoms with Crippen LogP contribution in [0.3, 0.4) is 0 Å². The number of rotatable bonds is 5. The number of hydrogen-bond acceptors (Lipinski definition) is 7. The molecule has 3 aromatic rings. The molecule has 0 aliphatic heterocycles. The van der Waals surface area contributed by atoms with Crippen LogP contribution in [0.5, 0.6) is 5.75 Å². The lowest BCUT2D eigenvalue weighted by atomic mass is 9.96. The highest BCUT2D eigenvalue weighted by Crippen LogP contribution is 2.32. The summed E-state index contributed by atoms with van der Waals surface area (Å²) in [6.45, 7) is 3.96. The summed E-state index contributed by atoms with van der Waals surface area (Å²) in [6, 6.07) is 13.2. The Labute approximate surface area is 187 Å². The molecule has 1 aromatic heterocycles. The number of methoxy groups -OCH3 is 2. The highest BCUT2D eigenvalue weighted by Gasteiger charge is 2.13. The highest BCUT2D eigenvalue weighted by atomic mass is 16.5. The second-order valence-electron chi connectivity index (χ2n) is 7.16. The Balaban J connectivity index is 1.91. The van der Waals surface area contributed by atoms with Gasteiger partial charge in [0.25, 0.3) is 0 Å². The first-order chi connectivity index (χ1) is 15.4. The summed E-state index contributed by atoms with van der Waals surface area (Å²) in [5.74, 6) is 7.02. The van der Waals surface area contributed by atoms with Crippen LogP contribution in [0.15, 0.2) is 42.5 Å². The van der Waals surface area contributed by atoms with Crippen molar-refractivity contribution in [2.75, 3.05) is 25.7 Å². The molecule has 0 spiro atoms. The van der Waals surface area contributed by atoms with E-state index in [1.54, 1.807) is 19.2 Å². The Morgan fingerprint density at radius 1 is 1.06 bits per heavy atom. The summed E-state index contributed by atoms with van der Waals surface area (Å²) in [4.78, 5) is 19.9. The lowest BCUT2D eigenvalue weighted by Crippen LogP contribution is -2.07. The van der Waals surface area contributed by atoms with E-state index < -0.39 is 0 Å². The normalized spacial score (nSPS) is 11.2. The monoisotopic (exact) mass is 430 g/mol. The van der Waals surface area contributed by atoms with Crippen molar-refractivity contribution >= 4 is 17.7 Å². The van der Waals surface area contributed by atoms with Gasteiger partial charge in [-0.2, -0.15) is 4.98 Å². The minimum atomic E-state index is -0.366. The molecule has 0 aliphatic rings. The minimum absolute atomic E-state index is 0.123. The van der Waals surface area contributed by atoms with Crippen LogP contribution >= 0.6 is 0 Å². The van der Waals surface area contributed by atoms with Gasteiger partial charge < -0.3 is 20.9 Å². The fourth-order valence-electron chi connectivity index (χ4n) is 3.36. The van der Waals surface area contributed by atoms with Gasteiger partial charge >= 0.3 is 5.97 Å². The van der Waals surface area contributed by atoms with E-state index in [1.165, 1.54) is 7.11 Å². The summed E-state index contributed by atoms with van der Waals surface area (Å²) in [5, 5.41) is 0. The number of benzene rings is 2. The van der Waals surface area contributed by atoms with Gasteiger partial charge in [0.05, 0.1) is 31.0 Å². The van der Waals surface area contributed by atoms with Crippen LogP contribution in [0.1, 0.15) is 46.9 Å². The number of anilines is 2. The molecule has 0 saturated carbocycles. The molecule has 1 atom stereocenters. The van der Waals surface area contributed by atoms with Crippen LogP contribution < -0.4 is 16.2 Å². The van der Waals surface area contributed by atoms with Crippen LogP contribution in [-0.2, 0) is 11.2 Å². The summed E-state index contributed by atoms with van der Waals surface area (Å²) < 4.78 is 10.4. The lowest BCUT2D eigenvalue weighted by molar-refractivity contribution is 0.0600. The second-order valence-corrected chi connectivity index (χ2v) is 7.16. The molecule has 164 valence electrons. The molecule has 0 fully saturated rings. The molecule has 2 aromatic carbocycles. The van der Waals surface area contributed by atoms with Gasteiger partial charge in [0.1, 0.15) is 11.6 Å². The van der Waals surface area contributed by atoms with Gasteiger partial charge in [-0.15, -0.1) is 0 Å². The van der Waals surface area contributed by atoms with Gasteiger partial charge in [-0.25, -0.2) is 9.78 Å². The van der Waals surface area contributed by atoms with Gasteiger partial charge in [-0.05, 0) is 42.7 Å². The van der Waals surface area contributed by atoms with Crippen LogP contribution in [0, 0.1) is 11.8 Å². The van der Waals surface area contributed by atoms with Crippen molar-refractivity contribution in [3.63, 3.8) is 0 Å². The van der Waals surface area contributed by atoms with Gasteiger partial charge in [-0.1, -0.05) is 43.0 Å². The Bertz CT molecular complexity index is 1190. The summed E-state index contributed by atoms with van der Waals surface area (Å²) in [5.41, 5.74) is 16.4. The molecule has 0 amide bonds. The Kier molecular flexibility index (Phi) is 6.96. The van der Waals surface area contributed by atoms with E-state index in [4.69, 9.17) is 20.9 Å². The maximum Gasteiger partial charge on any atom is 0.337 e. The molecule has 1 unspecified atom stereocenters. The molecule has 4 N–H and O–H groups in total. The summed E-state index contributed by atoms with van der Waals surface area (Å²) >= 11 is 0. The highest BCUT2D eigenvalue weighted by molar-refractivity contribution is 5.90. The molecule has 1 heterocycles. The molecule has 32 heavy (non-hydrogen) atoms. The Hall–Kier alpha value is -4.05. The van der Waals surface area contributed by atoms with E-state index in [9.17, 15) is 4.79 Å². The van der Waals surface area contributed by atoms with Crippen molar-refractivity contribution in [1.82, 2.24) is 9.97 Å². The fourth-order valence-corrected chi connectivity index (χ4v) is 3.36. The van der Waals surface area contributed by atoms with E-state index in [-0.39, 0.29) is 23.7 Å². The van der Waals surface area contributed by atoms with Crippen molar-refractivity contribution < 1.29 is 14.3 Å². The van der Waals surface area contributed by atoms with Crippen molar-refractivity contribution in [3.8, 4) is 28.7 Å². The summed E-state index contributed by atoms with van der Waals surface area (Å²) in [7, 11) is 2.99. The predicted molar refractivity (Wildman–Crippen MR) is 125 cm³/mol. The number of carbonyl (C=O) groups excluding carboxylic acids is 1. The molecule has 7 nitrogen and oxygen atoms in total. The van der Waals surface area contributed by atoms with Crippen molar-refractivity contribution in [3.05, 3.63) is 64.8 Å². The van der Waals surface area contributed by atoms with E-state index in [0.29, 0.717) is 17.5 Å². The number of esters is 1. The van der Waals surface area contributed by atoms with E-state index in [0.717, 1.165) is 28.1 Å². The topological polar surface area (TPSA) is 113 Å². The number of nitrogens with two attached hydrogens (primary N) is 2. The number of nitrogens with zero attached hydrogens (tertiary/aromatic N) is 2. The van der Waals surface area contributed by atoms with Gasteiger partial charge in [0.2, 0.25) is 5.95 Å². The molecule has 0 aliphatic carbocycles. The first kappa shape index (κ1) is 22.6. The molecular formula is C25H26N4O3. The lowest BCUT2D eigenvalue weighted by Gasteiger charge is -2.13. The third-order valence-corrected chi connectivity index (χ3v) is 5.12. The standard InChI is InChI=1S/C25H26N4O3/c1-5-21-20(23(26)29-25(27)28-21)12-6-15(2)19-13-11-18(14-22(19)31-3)16-7-9-17(10-8-16)24(30)32-4/h7-11,13-15H,5H2,1-4H3,(H4,26,27,28,29). The average molecular weight is 431 g/mol. The van der Waals surface area contributed by atoms with Gasteiger partial charge in [-0.3, -0.25) is 0 Å². The minimum Gasteiger partial charge on any atom is -0.496 e. The fraction of sp³-hybridized carbons (Fsp3) is 0.240. The summed E-state index contributed by atoms with van der Waals surface area (Å²) in [6.07, 6.45) is 0.655. The van der Waals surface area contributed by atoms with Crippen LogP contribution in [0.2, 0.25) is 0 Å². The number of hydrogen-bond donors (Lipinski definition) is 2.